The predicted octanol–water partition coefficient (Wildman–Crippen LogP) is 16.3. The van der Waals surface area contributed by atoms with Crippen LogP contribution >= 0.6 is 7.82 Å². The molecule has 0 rings (SSSR count). The number of esters is 1. The minimum atomic E-state index is -4.53. The molecular weight excluding hydrogens is 806 g/mol. The lowest BCUT2D eigenvalue weighted by molar-refractivity contribution is -0.870. The molecule has 0 bridgehead atoms. The Labute approximate surface area is 392 Å². The van der Waals surface area contributed by atoms with Crippen LogP contribution < -0.4 is 4.89 Å². The molecule has 0 heterocycles. The van der Waals surface area contributed by atoms with Crippen molar-refractivity contribution < 1.29 is 37.3 Å². The van der Waals surface area contributed by atoms with Crippen LogP contribution in [0.25, 0.3) is 0 Å². The van der Waals surface area contributed by atoms with Gasteiger partial charge in [0.15, 0.2) is 0 Å². The molecule has 0 spiro atoms. The topological polar surface area (TPSA) is 94.1 Å². The van der Waals surface area contributed by atoms with E-state index in [-0.39, 0.29) is 25.8 Å². The van der Waals surface area contributed by atoms with E-state index in [2.05, 4.69) is 26.0 Å². The van der Waals surface area contributed by atoms with Crippen molar-refractivity contribution in [1.29, 1.82) is 0 Å². The van der Waals surface area contributed by atoms with Gasteiger partial charge in [-0.25, -0.2) is 0 Å². The standard InChI is InChI=1S/C54H108NO7P/c1-6-8-10-12-14-16-18-20-22-24-26-28-29-31-33-35-37-39-41-43-45-47-54(56)62-53(52-61-63(57,58)60-50-48-55(3,4)5)51-59-49-46-44-42-40-38-36-34-32-30-27-25-23-21-19-17-15-13-11-9-7-2/h21,23,53H,6-20,22,24-52H2,1-5H3/b23-21-. The molecule has 0 aromatic heterocycles. The van der Waals surface area contributed by atoms with Gasteiger partial charge in [-0.15, -0.1) is 0 Å². The largest absolute Gasteiger partial charge is 0.756 e. The van der Waals surface area contributed by atoms with E-state index in [0.29, 0.717) is 24.1 Å². The number of unbranched alkanes of at least 4 members (excludes halogenated alkanes) is 36. The average molecular weight is 914 g/mol. The molecule has 0 aromatic rings. The molecule has 63 heavy (non-hydrogen) atoms. The van der Waals surface area contributed by atoms with Crippen LogP contribution in [-0.2, 0) is 27.9 Å². The van der Waals surface area contributed by atoms with Crippen LogP contribution in [0.2, 0.25) is 0 Å². The molecule has 0 fully saturated rings. The Kier molecular flexibility index (Phi) is 47.1. The summed E-state index contributed by atoms with van der Waals surface area (Å²) in [5, 5.41) is 0. The highest BCUT2D eigenvalue weighted by Gasteiger charge is 2.20. The van der Waals surface area contributed by atoms with Gasteiger partial charge in [0.05, 0.1) is 34.4 Å². The number of phosphoric ester groups is 1. The van der Waals surface area contributed by atoms with Gasteiger partial charge in [-0.1, -0.05) is 238 Å². The highest BCUT2D eigenvalue weighted by atomic mass is 31.2. The van der Waals surface area contributed by atoms with Crippen LogP contribution in [0, 0.1) is 0 Å². The van der Waals surface area contributed by atoms with E-state index in [9.17, 15) is 14.3 Å². The zero-order chi connectivity index (χ0) is 46.2. The Hall–Kier alpha value is -0.760. The van der Waals surface area contributed by atoms with Crippen molar-refractivity contribution >= 4 is 13.8 Å². The summed E-state index contributed by atoms with van der Waals surface area (Å²) in [5.41, 5.74) is 0. The first-order valence-corrected chi connectivity index (χ1v) is 28.9. The molecule has 0 saturated heterocycles. The summed E-state index contributed by atoms with van der Waals surface area (Å²) in [6.07, 6.45) is 55.3. The Balaban J connectivity index is 4.06. The molecule has 0 aliphatic rings. The van der Waals surface area contributed by atoms with E-state index in [4.69, 9.17) is 18.5 Å². The highest BCUT2D eigenvalue weighted by Crippen LogP contribution is 2.38. The summed E-state index contributed by atoms with van der Waals surface area (Å²) in [5.74, 6) is -0.327. The maximum atomic E-state index is 12.8. The SMILES string of the molecule is CCCCCCCC/C=C\CCCCCCCCCCCCOCC(COP(=O)([O-])OCC[N+](C)(C)C)OC(=O)CCCCCCCCCCCCCCCCCCCCCCC. The minimum absolute atomic E-state index is 0.0297. The molecule has 0 amide bonds. The summed E-state index contributed by atoms with van der Waals surface area (Å²) >= 11 is 0. The van der Waals surface area contributed by atoms with Crippen LogP contribution in [0.4, 0.5) is 0 Å². The van der Waals surface area contributed by atoms with Crippen LogP contribution in [0.15, 0.2) is 12.2 Å². The number of nitrogens with zero attached hydrogens (tertiary/aromatic N) is 1. The van der Waals surface area contributed by atoms with Gasteiger partial charge in [-0.2, -0.15) is 0 Å². The first-order valence-electron chi connectivity index (χ1n) is 27.4. The van der Waals surface area contributed by atoms with E-state index in [1.807, 2.05) is 21.1 Å². The number of phosphoric acid groups is 1. The van der Waals surface area contributed by atoms with Crippen LogP contribution in [0.1, 0.15) is 271 Å². The first-order chi connectivity index (χ1) is 30.6. The molecule has 0 aliphatic carbocycles. The molecule has 0 saturated carbocycles. The fraction of sp³-hybridized carbons (Fsp3) is 0.944. The van der Waals surface area contributed by atoms with Crippen molar-refractivity contribution in [3.8, 4) is 0 Å². The molecule has 9 heteroatoms. The normalized spacial score (nSPS) is 13.6. The second kappa shape index (κ2) is 47.7. The summed E-state index contributed by atoms with van der Waals surface area (Å²) in [6.45, 7) is 5.48. The lowest BCUT2D eigenvalue weighted by Crippen LogP contribution is -2.37. The van der Waals surface area contributed by atoms with Crippen molar-refractivity contribution in [3.63, 3.8) is 0 Å². The molecule has 2 atom stereocenters. The number of ether oxygens (including phenoxy) is 2. The molecule has 0 aromatic carbocycles. The zero-order valence-electron chi connectivity index (χ0n) is 42.8. The predicted molar refractivity (Wildman–Crippen MR) is 268 cm³/mol. The third kappa shape index (κ3) is 52.1. The number of rotatable bonds is 52. The smallest absolute Gasteiger partial charge is 0.306 e. The number of carbonyl (C=O) groups is 1. The third-order valence-electron chi connectivity index (χ3n) is 12.3. The number of allylic oxidation sites excluding steroid dienone is 2. The van der Waals surface area contributed by atoms with E-state index in [1.165, 1.54) is 218 Å². The minimum Gasteiger partial charge on any atom is -0.756 e. The van der Waals surface area contributed by atoms with Gasteiger partial charge in [0.2, 0.25) is 0 Å². The summed E-state index contributed by atoms with van der Waals surface area (Å²) in [4.78, 5) is 25.2. The summed E-state index contributed by atoms with van der Waals surface area (Å²) < 4.78 is 34.8. The van der Waals surface area contributed by atoms with Crippen molar-refractivity contribution in [2.24, 2.45) is 0 Å². The van der Waals surface area contributed by atoms with Gasteiger partial charge in [-0.3, -0.25) is 9.36 Å². The molecule has 0 N–H and O–H groups in total. The Morgan fingerprint density at radius 1 is 0.476 bits per heavy atom. The van der Waals surface area contributed by atoms with Crippen LogP contribution in [-0.4, -0.2) is 70.7 Å². The van der Waals surface area contributed by atoms with Gasteiger partial charge in [0.1, 0.15) is 19.3 Å². The molecule has 376 valence electrons. The van der Waals surface area contributed by atoms with Gasteiger partial charge in [-0.05, 0) is 38.5 Å². The second-order valence-electron chi connectivity index (χ2n) is 20.0. The number of quaternary nitrogens is 1. The number of likely N-dealkylation sites (N-methyl/N-ethyl adjacent to an activating group) is 1. The van der Waals surface area contributed by atoms with Gasteiger partial charge < -0.3 is 27.9 Å². The average Bonchev–Trinajstić information content (AvgIpc) is 3.24. The van der Waals surface area contributed by atoms with E-state index < -0.39 is 13.9 Å². The fourth-order valence-electron chi connectivity index (χ4n) is 8.07. The Morgan fingerprint density at radius 3 is 1.21 bits per heavy atom. The number of carbonyl (C=O) groups excluding carboxylic acids is 1. The highest BCUT2D eigenvalue weighted by molar-refractivity contribution is 7.45. The second-order valence-corrected chi connectivity index (χ2v) is 21.4. The summed E-state index contributed by atoms with van der Waals surface area (Å²) in [6, 6.07) is 0. The van der Waals surface area contributed by atoms with Gasteiger partial charge in [0.25, 0.3) is 7.82 Å². The molecule has 2 unspecified atom stereocenters. The van der Waals surface area contributed by atoms with Crippen molar-refractivity contribution in [3.05, 3.63) is 12.2 Å². The van der Waals surface area contributed by atoms with E-state index in [0.717, 1.165) is 32.1 Å². The lowest BCUT2D eigenvalue weighted by Gasteiger charge is -2.28. The van der Waals surface area contributed by atoms with E-state index in [1.54, 1.807) is 0 Å². The lowest BCUT2D eigenvalue weighted by atomic mass is 10.0. The van der Waals surface area contributed by atoms with Crippen LogP contribution in [0.3, 0.4) is 0 Å². The Morgan fingerprint density at radius 2 is 0.825 bits per heavy atom. The first kappa shape index (κ1) is 62.2. The van der Waals surface area contributed by atoms with Crippen molar-refractivity contribution in [2.45, 2.75) is 277 Å². The quantitative estimate of drug-likeness (QED) is 0.0197. The monoisotopic (exact) mass is 914 g/mol. The van der Waals surface area contributed by atoms with E-state index >= 15 is 0 Å². The maximum absolute atomic E-state index is 12.8. The molecule has 0 aliphatic heterocycles. The maximum Gasteiger partial charge on any atom is 0.306 e. The molecular formula is C54H108NO7P. The fourth-order valence-corrected chi connectivity index (χ4v) is 8.80. The van der Waals surface area contributed by atoms with Crippen molar-refractivity contribution in [2.75, 3.05) is 54.1 Å². The van der Waals surface area contributed by atoms with Crippen molar-refractivity contribution in [1.82, 2.24) is 0 Å². The molecule has 0 radical (unpaired) electrons. The zero-order valence-corrected chi connectivity index (χ0v) is 43.7. The van der Waals surface area contributed by atoms with Gasteiger partial charge >= 0.3 is 5.97 Å². The number of hydrogen-bond acceptors (Lipinski definition) is 7. The molecule has 8 nitrogen and oxygen atoms in total. The number of hydrogen-bond donors (Lipinski definition) is 0. The van der Waals surface area contributed by atoms with Gasteiger partial charge in [0, 0.05) is 13.0 Å². The summed E-state index contributed by atoms with van der Waals surface area (Å²) in [7, 11) is 1.37. The van der Waals surface area contributed by atoms with Crippen LogP contribution in [0.5, 0.6) is 0 Å². The third-order valence-corrected chi connectivity index (χ3v) is 13.3. The Bertz CT molecular complexity index is 1020.